The fraction of sp³-hybridized carbons (Fsp3) is 0.400. The summed E-state index contributed by atoms with van der Waals surface area (Å²) in [5, 5.41) is 11.8. The monoisotopic (exact) mass is 330 g/mol. The Morgan fingerprint density at radius 3 is 2.27 bits per heavy atom. The van der Waals surface area contributed by atoms with Crippen LogP contribution in [-0.4, -0.2) is 25.0 Å². The van der Waals surface area contributed by atoms with E-state index in [4.69, 9.17) is 0 Å². The topological polar surface area (TPSA) is 68.6 Å². The SMILES string of the molecule is O=C1C(=Cc2csnn2)CCC(C2CC2)C1=Cc1csnn1. The minimum absolute atomic E-state index is 0.143. The van der Waals surface area contributed by atoms with Crippen LogP contribution in [0.4, 0.5) is 0 Å². The molecule has 0 amide bonds. The number of aromatic nitrogens is 4. The third-order valence-electron chi connectivity index (χ3n) is 4.25. The van der Waals surface area contributed by atoms with E-state index in [0.717, 1.165) is 35.4 Å². The average Bonchev–Trinajstić information content (AvgIpc) is 3.00. The number of rotatable bonds is 3. The van der Waals surface area contributed by atoms with E-state index in [1.807, 2.05) is 22.9 Å². The van der Waals surface area contributed by atoms with Gasteiger partial charge in [-0.2, -0.15) is 0 Å². The van der Waals surface area contributed by atoms with Crippen molar-refractivity contribution in [2.45, 2.75) is 25.7 Å². The summed E-state index contributed by atoms with van der Waals surface area (Å²) in [5.74, 6) is 1.19. The van der Waals surface area contributed by atoms with Gasteiger partial charge in [-0.05, 0) is 72.7 Å². The first-order valence-corrected chi connectivity index (χ1v) is 8.99. The Balaban J connectivity index is 1.68. The maximum atomic E-state index is 12.9. The van der Waals surface area contributed by atoms with E-state index in [1.54, 1.807) is 0 Å². The summed E-state index contributed by atoms with van der Waals surface area (Å²) < 4.78 is 7.73. The molecular formula is C15H14N4OS2. The zero-order chi connectivity index (χ0) is 14.9. The maximum absolute atomic E-state index is 12.9. The maximum Gasteiger partial charge on any atom is 0.185 e. The molecule has 1 unspecified atom stereocenters. The molecule has 7 heteroatoms. The van der Waals surface area contributed by atoms with Crippen molar-refractivity contribution in [3.8, 4) is 0 Å². The fourth-order valence-corrected chi connectivity index (χ4v) is 3.86. The lowest BCUT2D eigenvalue weighted by molar-refractivity contribution is -0.113. The summed E-state index contributed by atoms with van der Waals surface area (Å²) in [6.45, 7) is 0. The van der Waals surface area contributed by atoms with Crippen molar-refractivity contribution < 1.29 is 4.79 Å². The number of ketones is 1. The van der Waals surface area contributed by atoms with Crippen LogP contribution in [0.1, 0.15) is 37.1 Å². The van der Waals surface area contributed by atoms with Crippen molar-refractivity contribution in [2.24, 2.45) is 11.8 Å². The van der Waals surface area contributed by atoms with Crippen molar-refractivity contribution in [1.29, 1.82) is 0 Å². The smallest absolute Gasteiger partial charge is 0.185 e. The second-order valence-corrected chi connectivity index (χ2v) is 6.96. The Bertz CT molecular complexity index is 730. The Labute approximate surface area is 136 Å². The molecule has 0 aromatic carbocycles. The molecule has 0 radical (unpaired) electrons. The molecule has 0 spiro atoms. The molecule has 22 heavy (non-hydrogen) atoms. The summed E-state index contributed by atoms with van der Waals surface area (Å²) in [6, 6.07) is 0. The quantitative estimate of drug-likeness (QED) is 0.808. The van der Waals surface area contributed by atoms with E-state index in [2.05, 4.69) is 19.2 Å². The Morgan fingerprint density at radius 1 is 1.00 bits per heavy atom. The third-order valence-corrected chi connectivity index (χ3v) is 5.29. The lowest BCUT2D eigenvalue weighted by Crippen LogP contribution is -2.23. The minimum atomic E-state index is 0.143. The summed E-state index contributed by atoms with van der Waals surface area (Å²) in [5.41, 5.74) is 3.29. The number of carbonyl (C=O) groups excluding carboxylic acids is 1. The standard InChI is InChI=1S/C15H14N4OS2/c20-15-10(5-11-7-21-18-16-11)3-4-13(9-1-2-9)14(15)6-12-8-22-19-17-12/h5-9,13H,1-4H2. The van der Waals surface area contributed by atoms with Gasteiger partial charge in [-0.1, -0.05) is 8.98 Å². The van der Waals surface area contributed by atoms with Crippen LogP contribution in [0.25, 0.3) is 12.2 Å². The van der Waals surface area contributed by atoms with Gasteiger partial charge in [-0.25, -0.2) is 0 Å². The largest absolute Gasteiger partial charge is 0.289 e. The number of hydrogen-bond donors (Lipinski definition) is 0. The third kappa shape index (κ3) is 2.78. The van der Waals surface area contributed by atoms with Crippen LogP contribution in [0.2, 0.25) is 0 Å². The second-order valence-electron chi connectivity index (χ2n) is 5.74. The van der Waals surface area contributed by atoms with Gasteiger partial charge in [0.15, 0.2) is 5.78 Å². The summed E-state index contributed by atoms with van der Waals surface area (Å²) in [7, 11) is 0. The molecule has 1 atom stereocenters. The van der Waals surface area contributed by atoms with Gasteiger partial charge in [0.25, 0.3) is 0 Å². The van der Waals surface area contributed by atoms with E-state index < -0.39 is 0 Å². The van der Waals surface area contributed by atoms with E-state index in [0.29, 0.717) is 11.8 Å². The van der Waals surface area contributed by atoms with Crippen molar-refractivity contribution >= 4 is 41.0 Å². The highest BCUT2D eigenvalue weighted by Gasteiger charge is 2.39. The first-order chi connectivity index (χ1) is 10.8. The zero-order valence-electron chi connectivity index (χ0n) is 11.8. The zero-order valence-corrected chi connectivity index (χ0v) is 13.4. The molecular weight excluding hydrogens is 316 g/mol. The molecule has 2 fully saturated rings. The molecule has 2 aromatic rings. The molecule has 4 rings (SSSR count). The lowest BCUT2D eigenvalue weighted by atomic mass is 9.77. The highest BCUT2D eigenvalue weighted by Crippen LogP contribution is 2.47. The first-order valence-electron chi connectivity index (χ1n) is 7.32. The molecule has 5 nitrogen and oxygen atoms in total. The second kappa shape index (κ2) is 5.81. The van der Waals surface area contributed by atoms with Crippen LogP contribution >= 0.6 is 23.1 Å². The molecule has 2 aliphatic rings. The van der Waals surface area contributed by atoms with Gasteiger partial charge in [0, 0.05) is 21.9 Å². The van der Waals surface area contributed by atoms with Crippen molar-refractivity contribution in [1.82, 2.24) is 19.2 Å². The van der Waals surface area contributed by atoms with Crippen LogP contribution in [0.15, 0.2) is 21.9 Å². The highest BCUT2D eigenvalue weighted by atomic mass is 32.1. The van der Waals surface area contributed by atoms with Crippen molar-refractivity contribution in [3.05, 3.63) is 33.3 Å². The average molecular weight is 330 g/mol. The molecule has 0 N–H and O–H groups in total. The number of nitrogens with zero attached hydrogens (tertiary/aromatic N) is 4. The molecule has 2 aliphatic carbocycles. The number of carbonyl (C=O) groups is 1. The minimum Gasteiger partial charge on any atom is -0.289 e. The van der Waals surface area contributed by atoms with Crippen LogP contribution in [0.3, 0.4) is 0 Å². The van der Waals surface area contributed by atoms with E-state index >= 15 is 0 Å². The number of Topliss-reactive ketones (excluding diaryl/α,β-unsaturated/α-hetero) is 1. The Hall–Kier alpha value is -1.73. The fourth-order valence-electron chi connectivity index (χ4n) is 3.04. The van der Waals surface area contributed by atoms with Gasteiger partial charge in [-0.15, -0.1) is 10.2 Å². The highest BCUT2D eigenvalue weighted by molar-refractivity contribution is 7.03. The van der Waals surface area contributed by atoms with Gasteiger partial charge in [0.1, 0.15) is 0 Å². The predicted molar refractivity (Wildman–Crippen MR) is 86.2 cm³/mol. The lowest BCUT2D eigenvalue weighted by Gasteiger charge is -2.26. The number of hydrogen-bond acceptors (Lipinski definition) is 7. The molecule has 2 heterocycles. The molecule has 2 aromatic heterocycles. The molecule has 0 bridgehead atoms. The molecule has 0 aliphatic heterocycles. The Kier molecular flexibility index (Phi) is 3.67. The Morgan fingerprint density at radius 2 is 1.68 bits per heavy atom. The van der Waals surface area contributed by atoms with E-state index in [1.165, 1.54) is 35.9 Å². The predicted octanol–water partition coefficient (Wildman–Crippen LogP) is 3.25. The first kappa shape index (κ1) is 13.9. The van der Waals surface area contributed by atoms with Crippen LogP contribution in [0.5, 0.6) is 0 Å². The van der Waals surface area contributed by atoms with Crippen LogP contribution in [0, 0.1) is 11.8 Å². The molecule has 112 valence electrons. The van der Waals surface area contributed by atoms with E-state index in [9.17, 15) is 4.79 Å². The van der Waals surface area contributed by atoms with Gasteiger partial charge in [0.05, 0.1) is 11.4 Å². The molecule has 0 saturated heterocycles. The normalized spacial score (nSPS) is 26.0. The summed E-state index contributed by atoms with van der Waals surface area (Å²) in [4.78, 5) is 12.9. The van der Waals surface area contributed by atoms with Gasteiger partial charge in [-0.3, -0.25) is 4.79 Å². The summed E-state index contributed by atoms with van der Waals surface area (Å²) in [6.07, 6.45) is 8.13. The van der Waals surface area contributed by atoms with Crippen molar-refractivity contribution in [3.63, 3.8) is 0 Å². The number of allylic oxidation sites excluding steroid dienone is 2. The van der Waals surface area contributed by atoms with Crippen LogP contribution < -0.4 is 0 Å². The van der Waals surface area contributed by atoms with Gasteiger partial charge >= 0.3 is 0 Å². The molecule has 2 saturated carbocycles. The van der Waals surface area contributed by atoms with E-state index in [-0.39, 0.29) is 5.78 Å². The summed E-state index contributed by atoms with van der Waals surface area (Å²) >= 11 is 2.61. The van der Waals surface area contributed by atoms with Crippen molar-refractivity contribution in [2.75, 3.05) is 0 Å². The van der Waals surface area contributed by atoms with Gasteiger partial charge < -0.3 is 0 Å². The van der Waals surface area contributed by atoms with Crippen LogP contribution in [-0.2, 0) is 4.79 Å². The van der Waals surface area contributed by atoms with Gasteiger partial charge in [0.2, 0.25) is 0 Å².